The van der Waals surface area contributed by atoms with Crippen molar-refractivity contribution in [2.45, 2.75) is 31.5 Å². The standard InChI is InChI=1S/C12H19NO2S/c1-3-14-12(15-4-2)7-10-16-11-5-8-13-9-6-11/h5-6,8-9,12H,3-4,7,10H2,1-2H3. The SMILES string of the molecule is CCOC(CCSc1ccncc1)OCC. The Morgan fingerprint density at radius 1 is 1.19 bits per heavy atom. The third kappa shape index (κ3) is 5.49. The predicted molar refractivity (Wildman–Crippen MR) is 66.6 cm³/mol. The van der Waals surface area contributed by atoms with Crippen molar-refractivity contribution in [1.29, 1.82) is 0 Å². The Hall–Kier alpha value is -0.580. The van der Waals surface area contributed by atoms with Crippen molar-refractivity contribution in [1.82, 2.24) is 4.98 Å². The number of nitrogens with zero attached hydrogens (tertiary/aromatic N) is 1. The Morgan fingerprint density at radius 2 is 1.81 bits per heavy atom. The van der Waals surface area contributed by atoms with Crippen LogP contribution in [-0.4, -0.2) is 30.2 Å². The van der Waals surface area contributed by atoms with E-state index in [1.54, 1.807) is 11.8 Å². The van der Waals surface area contributed by atoms with Crippen molar-refractivity contribution in [3.05, 3.63) is 24.5 Å². The Kier molecular flexibility index (Phi) is 7.21. The first-order chi connectivity index (χ1) is 7.86. The number of rotatable bonds is 8. The van der Waals surface area contributed by atoms with Gasteiger partial charge >= 0.3 is 0 Å². The van der Waals surface area contributed by atoms with Gasteiger partial charge in [0.1, 0.15) is 0 Å². The summed E-state index contributed by atoms with van der Waals surface area (Å²) in [7, 11) is 0. The molecule has 0 N–H and O–H groups in total. The molecule has 0 unspecified atom stereocenters. The number of aromatic nitrogens is 1. The molecule has 0 amide bonds. The van der Waals surface area contributed by atoms with E-state index in [0.717, 1.165) is 12.2 Å². The second-order valence-electron chi connectivity index (χ2n) is 3.16. The zero-order valence-electron chi connectivity index (χ0n) is 9.89. The van der Waals surface area contributed by atoms with Gasteiger partial charge < -0.3 is 9.47 Å². The van der Waals surface area contributed by atoms with Crippen LogP contribution in [0.3, 0.4) is 0 Å². The molecule has 0 atom stereocenters. The maximum Gasteiger partial charge on any atom is 0.158 e. The van der Waals surface area contributed by atoms with Crippen LogP contribution in [0.2, 0.25) is 0 Å². The van der Waals surface area contributed by atoms with Crippen LogP contribution in [0.4, 0.5) is 0 Å². The number of ether oxygens (including phenoxy) is 2. The highest BCUT2D eigenvalue weighted by molar-refractivity contribution is 7.99. The van der Waals surface area contributed by atoms with Gasteiger partial charge in [-0.25, -0.2) is 0 Å². The maximum atomic E-state index is 5.47. The van der Waals surface area contributed by atoms with Crippen molar-refractivity contribution >= 4 is 11.8 Å². The molecule has 0 aromatic carbocycles. The second-order valence-corrected chi connectivity index (χ2v) is 4.33. The topological polar surface area (TPSA) is 31.4 Å². The largest absolute Gasteiger partial charge is 0.353 e. The Bertz CT molecular complexity index is 263. The molecule has 1 aromatic rings. The first-order valence-electron chi connectivity index (χ1n) is 5.62. The predicted octanol–water partition coefficient (Wildman–Crippen LogP) is 2.96. The summed E-state index contributed by atoms with van der Waals surface area (Å²) >= 11 is 1.80. The molecule has 0 aliphatic rings. The van der Waals surface area contributed by atoms with E-state index in [4.69, 9.17) is 9.47 Å². The van der Waals surface area contributed by atoms with E-state index in [1.807, 2.05) is 38.4 Å². The van der Waals surface area contributed by atoms with Gasteiger partial charge in [0.25, 0.3) is 0 Å². The number of hydrogen-bond donors (Lipinski definition) is 0. The number of thioether (sulfide) groups is 1. The molecule has 0 aliphatic carbocycles. The molecule has 0 aliphatic heterocycles. The van der Waals surface area contributed by atoms with E-state index in [-0.39, 0.29) is 6.29 Å². The lowest BCUT2D eigenvalue weighted by molar-refractivity contribution is -0.136. The molecule has 0 fully saturated rings. The smallest absolute Gasteiger partial charge is 0.158 e. The van der Waals surface area contributed by atoms with Gasteiger partial charge in [0.2, 0.25) is 0 Å². The van der Waals surface area contributed by atoms with E-state index in [0.29, 0.717) is 13.2 Å². The molecule has 90 valence electrons. The molecule has 1 aromatic heterocycles. The van der Waals surface area contributed by atoms with Crippen LogP contribution >= 0.6 is 11.8 Å². The fourth-order valence-corrected chi connectivity index (χ4v) is 2.15. The molecule has 1 heterocycles. The summed E-state index contributed by atoms with van der Waals surface area (Å²) in [6, 6.07) is 4.03. The normalized spacial score (nSPS) is 10.9. The van der Waals surface area contributed by atoms with E-state index >= 15 is 0 Å². The minimum absolute atomic E-state index is 0.0654. The molecular weight excluding hydrogens is 222 g/mol. The van der Waals surface area contributed by atoms with Gasteiger partial charge in [-0.1, -0.05) is 0 Å². The number of hydrogen-bond acceptors (Lipinski definition) is 4. The van der Waals surface area contributed by atoms with Crippen molar-refractivity contribution in [3.8, 4) is 0 Å². The molecule has 3 nitrogen and oxygen atoms in total. The Morgan fingerprint density at radius 3 is 2.38 bits per heavy atom. The Labute approximate surface area is 102 Å². The highest BCUT2D eigenvalue weighted by atomic mass is 32.2. The van der Waals surface area contributed by atoms with Crippen LogP contribution in [-0.2, 0) is 9.47 Å². The third-order valence-corrected chi connectivity index (χ3v) is 3.02. The summed E-state index contributed by atoms with van der Waals surface area (Å²) in [4.78, 5) is 5.22. The minimum Gasteiger partial charge on any atom is -0.353 e. The van der Waals surface area contributed by atoms with Gasteiger partial charge in [0.15, 0.2) is 6.29 Å². The quantitative estimate of drug-likeness (QED) is 0.517. The zero-order chi connectivity index (χ0) is 11.6. The second kappa shape index (κ2) is 8.56. The number of pyridine rings is 1. The highest BCUT2D eigenvalue weighted by Crippen LogP contribution is 2.18. The zero-order valence-corrected chi connectivity index (χ0v) is 10.7. The van der Waals surface area contributed by atoms with Crippen LogP contribution in [0.1, 0.15) is 20.3 Å². The lowest BCUT2D eigenvalue weighted by Gasteiger charge is -2.16. The van der Waals surface area contributed by atoms with Crippen molar-refractivity contribution in [2.24, 2.45) is 0 Å². The van der Waals surface area contributed by atoms with Crippen LogP contribution in [0.5, 0.6) is 0 Å². The molecule has 0 saturated heterocycles. The fraction of sp³-hybridized carbons (Fsp3) is 0.583. The van der Waals surface area contributed by atoms with Gasteiger partial charge in [0.05, 0.1) is 0 Å². The first kappa shape index (κ1) is 13.5. The van der Waals surface area contributed by atoms with Gasteiger partial charge in [-0.2, -0.15) is 0 Å². The molecule has 0 saturated carbocycles. The molecule has 0 bridgehead atoms. The summed E-state index contributed by atoms with van der Waals surface area (Å²) < 4.78 is 10.9. The van der Waals surface area contributed by atoms with E-state index in [1.165, 1.54) is 4.90 Å². The summed E-state index contributed by atoms with van der Waals surface area (Å²) in [6.45, 7) is 5.37. The van der Waals surface area contributed by atoms with Crippen LogP contribution in [0.15, 0.2) is 29.4 Å². The van der Waals surface area contributed by atoms with E-state index < -0.39 is 0 Å². The van der Waals surface area contributed by atoms with E-state index in [9.17, 15) is 0 Å². The van der Waals surface area contributed by atoms with Crippen molar-refractivity contribution in [3.63, 3.8) is 0 Å². The van der Waals surface area contributed by atoms with Gasteiger partial charge in [-0.05, 0) is 26.0 Å². The lowest BCUT2D eigenvalue weighted by Crippen LogP contribution is -2.18. The van der Waals surface area contributed by atoms with E-state index in [2.05, 4.69) is 4.98 Å². The lowest BCUT2D eigenvalue weighted by atomic mass is 10.4. The summed E-state index contributed by atoms with van der Waals surface area (Å²) in [5, 5.41) is 0. The Balaban J connectivity index is 2.22. The van der Waals surface area contributed by atoms with Crippen molar-refractivity contribution < 1.29 is 9.47 Å². The maximum absolute atomic E-state index is 5.47. The molecular formula is C12H19NO2S. The highest BCUT2D eigenvalue weighted by Gasteiger charge is 2.07. The molecule has 4 heteroatoms. The van der Waals surface area contributed by atoms with Crippen molar-refractivity contribution in [2.75, 3.05) is 19.0 Å². The fourth-order valence-electron chi connectivity index (χ4n) is 1.29. The minimum atomic E-state index is -0.0654. The molecule has 0 spiro atoms. The molecule has 16 heavy (non-hydrogen) atoms. The van der Waals surface area contributed by atoms with Gasteiger partial charge in [-0.15, -0.1) is 11.8 Å². The molecule has 0 radical (unpaired) electrons. The van der Waals surface area contributed by atoms with Crippen LogP contribution in [0.25, 0.3) is 0 Å². The van der Waals surface area contributed by atoms with Crippen LogP contribution < -0.4 is 0 Å². The monoisotopic (exact) mass is 241 g/mol. The average molecular weight is 241 g/mol. The summed E-state index contributed by atoms with van der Waals surface area (Å²) in [6.07, 6.45) is 4.47. The average Bonchev–Trinajstić information content (AvgIpc) is 2.31. The first-order valence-corrected chi connectivity index (χ1v) is 6.61. The summed E-state index contributed by atoms with van der Waals surface area (Å²) in [5.74, 6) is 0.995. The molecule has 1 rings (SSSR count). The summed E-state index contributed by atoms with van der Waals surface area (Å²) in [5.41, 5.74) is 0. The van der Waals surface area contributed by atoms with Crippen LogP contribution in [0, 0.1) is 0 Å². The third-order valence-electron chi connectivity index (χ3n) is 1.98. The van der Waals surface area contributed by atoms with Gasteiger partial charge in [0, 0.05) is 42.7 Å². The van der Waals surface area contributed by atoms with Gasteiger partial charge in [-0.3, -0.25) is 4.98 Å².